The molecule has 2 amide bonds. The average Bonchev–Trinajstić information content (AvgIpc) is 3.41. The van der Waals surface area contributed by atoms with Crippen molar-refractivity contribution in [3.8, 4) is 11.1 Å². The van der Waals surface area contributed by atoms with Crippen molar-refractivity contribution in [1.82, 2.24) is 25.6 Å². The Hall–Kier alpha value is -4.21. The predicted octanol–water partition coefficient (Wildman–Crippen LogP) is 2.30. The molecule has 10 nitrogen and oxygen atoms in total. The molecule has 4 rings (SSSR count). The van der Waals surface area contributed by atoms with E-state index in [0.717, 1.165) is 22.3 Å². The first-order chi connectivity index (χ1) is 16.5. The first-order valence-electron chi connectivity index (χ1n) is 11.0. The zero-order valence-electron chi connectivity index (χ0n) is 18.6. The third-order valence-corrected chi connectivity index (χ3v) is 5.69. The molecule has 1 aliphatic carbocycles. The number of aromatic nitrogens is 3. The third-order valence-electron chi connectivity index (χ3n) is 5.69. The molecule has 2 aromatic carbocycles. The molecule has 0 bridgehead atoms. The molecular formula is C24H25N5O5. The largest absolute Gasteiger partial charge is 0.480 e. The highest BCUT2D eigenvalue weighted by molar-refractivity contribution is 5.83. The quantitative estimate of drug-likeness (QED) is 0.443. The van der Waals surface area contributed by atoms with E-state index in [1.807, 2.05) is 24.3 Å². The van der Waals surface area contributed by atoms with Gasteiger partial charge in [0.1, 0.15) is 24.9 Å². The fraction of sp³-hybridized carbons (Fsp3) is 0.292. The number of fused-ring (bicyclic) bond motifs is 3. The number of aliphatic carboxylic acids is 1. The molecule has 10 heteroatoms. The minimum Gasteiger partial charge on any atom is -0.480 e. The van der Waals surface area contributed by atoms with Crippen molar-refractivity contribution < 1.29 is 24.2 Å². The first-order valence-corrected chi connectivity index (χ1v) is 11.0. The Morgan fingerprint density at radius 3 is 2.35 bits per heavy atom. The van der Waals surface area contributed by atoms with Crippen molar-refractivity contribution in [3.05, 3.63) is 71.5 Å². The fourth-order valence-electron chi connectivity index (χ4n) is 4.03. The summed E-state index contributed by atoms with van der Waals surface area (Å²) in [5.41, 5.74) is 5.01. The van der Waals surface area contributed by atoms with Gasteiger partial charge in [0.05, 0.1) is 12.7 Å². The van der Waals surface area contributed by atoms with Crippen LogP contribution in [0.2, 0.25) is 0 Å². The minimum atomic E-state index is -1.09. The lowest BCUT2D eigenvalue weighted by molar-refractivity contribution is -0.142. The molecule has 1 aliphatic rings. The van der Waals surface area contributed by atoms with Crippen molar-refractivity contribution in [3.63, 3.8) is 0 Å². The van der Waals surface area contributed by atoms with Gasteiger partial charge in [0.25, 0.3) is 0 Å². The molecule has 1 heterocycles. The highest BCUT2D eigenvalue weighted by Gasteiger charge is 2.29. The Morgan fingerprint density at radius 2 is 1.74 bits per heavy atom. The number of carboxylic acid groups (broad SMARTS) is 1. The van der Waals surface area contributed by atoms with Crippen molar-refractivity contribution in [2.75, 3.05) is 6.61 Å². The van der Waals surface area contributed by atoms with Crippen LogP contribution < -0.4 is 10.6 Å². The van der Waals surface area contributed by atoms with Gasteiger partial charge in [-0.2, -0.15) is 0 Å². The lowest BCUT2D eigenvalue weighted by atomic mass is 9.98. The van der Waals surface area contributed by atoms with Crippen LogP contribution in [0.5, 0.6) is 0 Å². The third kappa shape index (κ3) is 5.06. The van der Waals surface area contributed by atoms with Gasteiger partial charge in [-0.25, -0.2) is 14.3 Å². The normalized spacial score (nSPS) is 13.0. The molecule has 0 aliphatic heterocycles. The molecule has 34 heavy (non-hydrogen) atoms. The summed E-state index contributed by atoms with van der Waals surface area (Å²) >= 11 is 0. The Balaban J connectivity index is 1.27. The number of carbonyl (C=O) groups is 3. The number of carbonyl (C=O) groups excluding carboxylic acids is 2. The Kier molecular flexibility index (Phi) is 6.86. The molecule has 1 atom stereocenters. The summed E-state index contributed by atoms with van der Waals surface area (Å²) < 4.78 is 6.76. The molecule has 3 aromatic rings. The van der Waals surface area contributed by atoms with E-state index in [-0.39, 0.29) is 32.0 Å². The highest BCUT2D eigenvalue weighted by Crippen LogP contribution is 2.44. The SMILES string of the molecule is CC[C@H](NC(=O)Cn1cc(CNC(=O)OCC2c3ccccc3-c3ccccc32)nn1)C(=O)O. The van der Waals surface area contributed by atoms with Crippen molar-refractivity contribution in [1.29, 1.82) is 0 Å². The standard InChI is InChI=1S/C24H25N5O5/c1-2-21(23(31)32)26-22(30)13-29-12-15(27-28-29)11-25-24(33)34-14-20-18-9-5-3-7-16(18)17-8-4-6-10-19(17)20/h3-10,12,20-21H,2,11,13-14H2,1H3,(H,25,33)(H,26,30)(H,31,32)/t21-/m0/s1. The van der Waals surface area contributed by atoms with Crippen LogP contribution in [0.15, 0.2) is 54.7 Å². The summed E-state index contributed by atoms with van der Waals surface area (Å²) in [5.74, 6) is -1.62. The summed E-state index contributed by atoms with van der Waals surface area (Å²) in [4.78, 5) is 35.3. The van der Waals surface area contributed by atoms with Gasteiger partial charge in [0.15, 0.2) is 0 Å². The molecule has 1 aromatic heterocycles. The lowest BCUT2D eigenvalue weighted by Crippen LogP contribution is -2.41. The smallest absolute Gasteiger partial charge is 0.407 e. The molecule has 0 saturated heterocycles. The number of hydrogen-bond donors (Lipinski definition) is 3. The molecule has 0 radical (unpaired) electrons. The van der Waals surface area contributed by atoms with E-state index < -0.39 is 24.0 Å². The summed E-state index contributed by atoms with van der Waals surface area (Å²) in [6.45, 7) is 1.77. The molecule has 0 spiro atoms. The zero-order chi connectivity index (χ0) is 24.1. The number of nitrogens with zero attached hydrogens (tertiary/aromatic N) is 3. The van der Waals surface area contributed by atoms with E-state index in [4.69, 9.17) is 9.84 Å². The average molecular weight is 463 g/mol. The molecule has 3 N–H and O–H groups in total. The van der Waals surface area contributed by atoms with Crippen LogP contribution in [0, 0.1) is 0 Å². The van der Waals surface area contributed by atoms with Gasteiger partial charge in [-0.15, -0.1) is 5.10 Å². The number of amides is 2. The first kappa shape index (κ1) is 23.0. The minimum absolute atomic E-state index is 0.0321. The number of benzene rings is 2. The summed E-state index contributed by atoms with van der Waals surface area (Å²) in [5, 5.41) is 21.8. The second-order valence-electron chi connectivity index (χ2n) is 7.95. The number of ether oxygens (including phenoxy) is 1. The van der Waals surface area contributed by atoms with Crippen LogP contribution in [-0.2, 0) is 27.4 Å². The van der Waals surface area contributed by atoms with Crippen LogP contribution in [0.3, 0.4) is 0 Å². The number of hydrogen-bond acceptors (Lipinski definition) is 6. The summed E-state index contributed by atoms with van der Waals surface area (Å²) in [6.07, 6.45) is 1.19. The Labute approximate surface area is 195 Å². The molecule has 176 valence electrons. The second-order valence-corrected chi connectivity index (χ2v) is 7.95. The van der Waals surface area contributed by atoms with E-state index in [2.05, 4.69) is 45.2 Å². The maximum Gasteiger partial charge on any atom is 0.407 e. The van der Waals surface area contributed by atoms with Crippen LogP contribution in [-0.4, -0.2) is 50.7 Å². The number of alkyl carbamates (subject to hydrolysis) is 1. The molecule has 0 saturated carbocycles. The van der Waals surface area contributed by atoms with Gasteiger partial charge in [-0.05, 0) is 28.7 Å². The molecule has 0 fully saturated rings. The van der Waals surface area contributed by atoms with Gasteiger partial charge in [-0.1, -0.05) is 60.7 Å². The Bertz CT molecular complexity index is 1160. The van der Waals surface area contributed by atoms with E-state index in [0.29, 0.717) is 5.69 Å². The summed E-state index contributed by atoms with van der Waals surface area (Å²) in [6, 6.07) is 15.2. The predicted molar refractivity (Wildman–Crippen MR) is 122 cm³/mol. The monoisotopic (exact) mass is 463 g/mol. The van der Waals surface area contributed by atoms with E-state index in [9.17, 15) is 14.4 Å². The van der Waals surface area contributed by atoms with Gasteiger partial charge in [0.2, 0.25) is 5.91 Å². The van der Waals surface area contributed by atoms with Crippen LogP contribution in [0.25, 0.3) is 11.1 Å². The molecule has 0 unspecified atom stereocenters. The van der Waals surface area contributed by atoms with Gasteiger partial charge < -0.3 is 20.5 Å². The van der Waals surface area contributed by atoms with Crippen LogP contribution in [0.1, 0.15) is 36.1 Å². The lowest BCUT2D eigenvalue weighted by Gasteiger charge is -2.14. The molecular weight excluding hydrogens is 438 g/mol. The number of nitrogens with one attached hydrogen (secondary N) is 2. The van der Waals surface area contributed by atoms with Crippen molar-refractivity contribution in [2.45, 2.75) is 38.4 Å². The van der Waals surface area contributed by atoms with E-state index in [1.54, 1.807) is 6.92 Å². The fourth-order valence-corrected chi connectivity index (χ4v) is 4.03. The van der Waals surface area contributed by atoms with E-state index >= 15 is 0 Å². The van der Waals surface area contributed by atoms with Crippen molar-refractivity contribution >= 4 is 18.0 Å². The second kappa shape index (κ2) is 10.2. The van der Waals surface area contributed by atoms with Gasteiger partial charge in [-0.3, -0.25) is 4.79 Å². The highest BCUT2D eigenvalue weighted by atomic mass is 16.5. The van der Waals surface area contributed by atoms with Gasteiger partial charge >= 0.3 is 12.1 Å². The topological polar surface area (TPSA) is 135 Å². The van der Waals surface area contributed by atoms with Crippen LogP contribution >= 0.6 is 0 Å². The number of rotatable bonds is 9. The number of carboxylic acids is 1. The summed E-state index contributed by atoms with van der Waals surface area (Å²) in [7, 11) is 0. The van der Waals surface area contributed by atoms with E-state index in [1.165, 1.54) is 10.9 Å². The zero-order valence-corrected chi connectivity index (χ0v) is 18.6. The Morgan fingerprint density at radius 1 is 1.09 bits per heavy atom. The van der Waals surface area contributed by atoms with Gasteiger partial charge in [0, 0.05) is 5.92 Å². The maximum absolute atomic E-state index is 12.3. The van der Waals surface area contributed by atoms with Crippen LogP contribution in [0.4, 0.5) is 4.79 Å². The maximum atomic E-state index is 12.3. The van der Waals surface area contributed by atoms with Crippen molar-refractivity contribution in [2.24, 2.45) is 0 Å².